The van der Waals surface area contributed by atoms with E-state index >= 15 is 0 Å². The Morgan fingerprint density at radius 1 is 1.27 bits per heavy atom. The molecule has 2 aliphatic carbocycles. The van der Waals surface area contributed by atoms with Crippen molar-refractivity contribution >= 4 is 5.78 Å². The van der Waals surface area contributed by atoms with Crippen LogP contribution in [0, 0.1) is 5.92 Å². The molecular weight excluding hydrogens is 184 g/mol. The number of ketones is 1. The molecule has 0 N–H and O–H groups in total. The third-order valence-electron chi connectivity index (χ3n) is 3.62. The Labute approximate surface area is 92.3 Å². The summed E-state index contributed by atoms with van der Waals surface area (Å²) in [6.07, 6.45) is 15.5. The summed E-state index contributed by atoms with van der Waals surface area (Å²) in [6, 6.07) is 0. The molecule has 1 saturated carbocycles. The van der Waals surface area contributed by atoms with E-state index in [1.54, 1.807) is 0 Å². The van der Waals surface area contributed by atoms with Gasteiger partial charge < -0.3 is 0 Å². The van der Waals surface area contributed by atoms with Crippen LogP contribution in [0.25, 0.3) is 0 Å². The van der Waals surface area contributed by atoms with E-state index in [-0.39, 0.29) is 0 Å². The molecule has 2 rings (SSSR count). The molecule has 0 aromatic rings. The maximum absolute atomic E-state index is 11.9. The number of hydrogen-bond donors (Lipinski definition) is 0. The Morgan fingerprint density at radius 2 is 2.07 bits per heavy atom. The van der Waals surface area contributed by atoms with Crippen molar-refractivity contribution in [3.05, 3.63) is 23.8 Å². The van der Waals surface area contributed by atoms with E-state index in [9.17, 15) is 4.79 Å². The average molecular weight is 204 g/mol. The van der Waals surface area contributed by atoms with E-state index in [0.717, 1.165) is 37.2 Å². The first-order valence-electron chi connectivity index (χ1n) is 6.23. The lowest BCUT2D eigenvalue weighted by molar-refractivity contribution is -0.115. The minimum atomic E-state index is 0.395. The van der Waals surface area contributed by atoms with Gasteiger partial charge in [0, 0.05) is 6.42 Å². The molecule has 0 aromatic carbocycles. The quantitative estimate of drug-likeness (QED) is 0.636. The maximum atomic E-state index is 11.9. The Kier molecular flexibility index (Phi) is 3.76. The first kappa shape index (κ1) is 10.7. The highest BCUT2D eigenvalue weighted by molar-refractivity contribution is 5.95. The van der Waals surface area contributed by atoms with Crippen LogP contribution in [0.4, 0.5) is 0 Å². The lowest BCUT2D eigenvalue weighted by atomic mass is 9.94. The molecule has 1 nitrogen and oxygen atoms in total. The van der Waals surface area contributed by atoms with E-state index < -0.39 is 0 Å². The summed E-state index contributed by atoms with van der Waals surface area (Å²) in [5, 5.41) is 0. The molecule has 0 amide bonds. The first-order chi connectivity index (χ1) is 7.36. The topological polar surface area (TPSA) is 17.1 Å². The van der Waals surface area contributed by atoms with Crippen LogP contribution in [0.3, 0.4) is 0 Å². The number of rotatable bonds is 4. The predicted octanol–water partition coefficient (Wildman–Crippen LogP) is 3.80. The summed E-state index contributed by atoms with van der Waals surface area (Å²) in [4.78, 5) is 11.9. The highest BCUT2D eigenvalue weighted by atomic mass is 16.1. The summed E-state index contributed by atoms with van der Waals surface area (Å²) < 4.78 is 0. The third-order valence-corrected chi connectivity index (χ3v) is 3.62. The van der Waals surface area contributed by atoms with Gasteiger partial charge in [-0.25, -0.2) is 0 Å². The fourth-order valence-electron chi connectivity index (χ4n) is 2.62. The zero-order valence-electron chi connectivity index (χ0n) is 9.37. The van der Waals surface area contributed by atoms with Crippen molar-refractivity contribution in [2.45, 2.75) is 51.4 Å². The number of allylic oxidation sites excluding steroid dienone is 4. The molecule has 1 heteroatoms. The van der Waals surface area contributed by atoms with Gasteiger partial charge in [0.1, 0.15) is 0 Å². The van der Waals surface area contributed by atoms with Crippen molar-refractivity contribution < 1.29 is 4.79 Å². The van der Waals surface area contributed by atoms with Crippen LogP contribution in [0.5, 0.6) is 0 Å². The van der Waals surface area contributed by atoms with Gasteiger partial charge in [-0.2, -0.15) is 0 Å². The molecule has 82 valence electrons. The predicted molar refractivity (Wildman–Crippen MR) is 62.7 cm³/mol. The lowest BCUT2D eigenvalue weighted by Crippen LogP contribution is -2.06. The van der Waals surface area contributed by atoms with Gasteiger partial charge in [-0.1, -0.05) is 43.9 Å². The normalized spacial score (nSPS) is 21.7. The maximum Gasteiger partial charge on any atom is 0.158 e. The van der Waals surface area contributed by atoms with Crippen LogP contribution in [0.15, 0.2) is 23.8 Å². The monoisotopic (exact) mass is 204 g/mol. The van der Waals surface area contributed by atoms with Crippen molar-refractivity contribution in [3.8, 4) is 0 Å². The van der Waals surface area contributed by atoms with E-state index in [2.05, 4.69) is 18.2 Å². The van der Waals surface area contributed by atoms with E-state index in [4.69, 9.17) is 0 Å². The SMILES string of the molecule is O=C(CCC1CCCC1)C1=CCC=CC1. The average Bonchev–Trinajstić information content (AvgIpc) is 2.80. The minimum absolute atomic E-state index is 0.395. The minimum Gasteiger partial charge on any atom is -0.295 e. The number of carbonyl (C=O) groups excluding carboxylic acids is 1. The molecule has 0 radical (unpaired) electrons. The standard InChI is InChI=1S/C14H20O/c15-14(13-8-2-1-3-9-13)11-10-12-6-4-5-7-12/h1-2,9,12H,3-8,10-11H2. The third kappa shape index (κ3) is 3.05. The van der Waals surface area contributed by atoms with Gasteiger partial charge in [-0.3, -0.25) is 4.79 Å². The first-order valence-corrected chi connectivity index (χ1v) is 6.23. The molecule has 0 atom stereocenters. The van der Waals surface area contributed by atoms with Crippen molar-refractivity contribution in [2.75, 3.05) is 0 Å². The van der Waals surface area contributed by atoms with Gasteiger partial charge >= 0.3 is 0 Å². The Balaban J connectivity index is 1.74. The second-order valence-electron chi connectivity index (χ2n) is 4.75. The fourth-order valence-corrected chi connectivity index (χ4v) is 2.62. The molecular formula is C14H20O. The summed E-state index contributed by atoms with van der Waals surface area (Å²) in [5.41, 5.74) is 1.05. The highest BCUT2D eigenvalue weighted by Crippen LogP contribution is 2.29. The lowest BCUT2D eigenvalue weighted by Gasteiger charge is -2.10. The molecule has 0 heterocycles. The van der Waals surface area contributed by atoms with Gasteiger partial charge in [-0.05, 0) is 30.8 Å². The Bertz CT molecular complexity index is 280. The summed E-state index contributed by atoms with van der Waals surface area (Å²) in [6.45, 7) is 0. The van der Waals surface area contributed by atoms with Gasteiger partial charge in [0.15, 0.2) is 5.78 Å². The molecule has 0 bridgehead atoms. The number of Topliss-reactive ketones (excluding diaryl/α,β-unsaturated/α-hetero) is 1. The van der Waals surface area contributed by atoms with Crippen LogP contribution in [-0.4, -0.2) is 5.78 Å². The Hall–Kier alpha value is -0.850. The molecule has 0 spiro atoms. The van der Waals surface area contributed by atoms with E-state index in [0.29, 0.717) is 5.78 Å². The highest BCUT2D eigenvalue weighted by Gasteiger charge is 2.17. The van der Waals surface area contributed by atoms with Crippen molar-refractivity contribution in [3.63, 3.8) is 0 Å². The van der Waals surface area contributed by atoms with Gasteiger partial charge in [-0.15, -0.1) is 0 Å². The summed E-state index contributed by atoms with van der Waals surface area (Å²) >= 11 is 0. The van der Waals surface area contributed by atoms with Gasteiger partial charge in [0.2, 0.25) is 0 Å². The molecule has 1 fully saturated rings. The van der Waals surface area contributed by atoms with Crippen LogP contribution < -0.4 is 0 Å². The molecule has 0 aromatic heterocycles. The Morgan fingerprint density at radius 3 is 2.73 bits per heavy atom. The molecule has 0 saturated heterocycles. The zero-order chi connectivity index (χ0) is 10.5. The second-order valence-corrected chi connectivity index (χ2v) is 4.75. The van der Waals surface area contributed by atoms with Crippen molar-refractivity contribution in [1.29, 1.82) is 0 Å². The van der Waals surface area contributed by atoms with Crippen LogP contribution in [0.2, 0.25) is 0 Å². The summed E-state index contributed by atoms with van der Waals surface area (Å²) in [5.74, 6) is 1.24. The van der Waals surface area contributed by atoms with E-state index in [1.165, 1.54) is 25.7 Å². The van der Waals surface area contributed by atoms with Gasteiger partial charge in [0.25, 0.3) is 0 Å². The molecule has 0 aliphatic heterocycles. The van der Waals surface area contributed by atoms with Crippen molar-refractivity contribution in [1.82, 2.24) is 0 Å². The fraction of sp³-hybridized carbons (Fsp3) is 0.643. The van der Waals surface area contributed by atoms with Crippen LogP contribution in [-0.2, 0) is 4.79 Å². The number of hydrogen-bond acceptors (Lipinski definition) is 1. The smallest absolute Gasteiger partial charge is 0.158 e. The zero-order valence-corrected chi connectivity index (χ0v) is 9.37. The molecule has 2 aliphatic rings. The number of carbonyl (C=O) groups is 1. The van der Waals surface area contributed by atoms with Crippen LogP contribution in [0.1, 0.15) is 51.4 Å². The second kappa shape index (κ2) is 5.29. The van der Waals surface area contributed by atoms with Gasteiger partial charge in [0.05, 0.1) is 0 Å². The van der Waals surface area contributed by atoms with Crippen molar-refractivity contribution in [2.24, 2.45) is 5.92 Å². The largest absolute Gasteiger partial charge is 0.295 e. The van der Waals surface area contributed by atoms with E-state index in [1.807, 2.05) is 0 Å². The molecule has 0 unspecified atom stereocenters. The van der Waals surface area contributed by atoms with Crippen LogP contribution >= 0.6 is 0 Å². The summed E-state index contributed by atoms with van der Waals surface area (Å²) in [7, 11) is 0. The molecule has 15 heavy (non-hydrogen) atoms.